The van der Waals surface area contributed by atoms with Crippen LogP contribution in [0.1, 0.15) is 19.8 Å². The fraction of sp³-hybridized carbons (Fsp3) is 0.533. The molecule has 2 unspecified atom stereocenters. The van der Waals surface area contributed by atoms with Crippen LogP contribution in [0.25, 0.3) is 11.0 Å². The number of aromatic amines is 1. The van der Waals surface area contributed by atoms with E-state index in [2.05, 4.69) is 22.5 Å². The van der Waals surface area contributed by atoms with Gasteiger partial charge in [0.05, 0.1) is 18.7 Å². The zero-order valence-corrected chi connectivity index (χ0v) is 12.7. The molecule has 0 amide bonds. The van der Waals surface area contributed by atoms with Gasteiger partial charge in [-0.15, -0.1) is 0 Å². The van der Waals surface area contributed by atoms with Gasteiger partial charge in [0.25, 0.3) is 0 Å². The molecule has 0 aliphatic carbocycles. The van der Waals surface area contributed by atoms with Crippen molar-refractivity contribution in [3.63, 3.8) is 0 Å². The number of para-hydroxylation sites is 1. The second-order valence-electron chi connectivity index (χ2n) is 5.26. The van der Waals surface area contributed by atoms with Crippen LogP contribution in [0.15, 0.2) is 18.2 Å². The Morgan fingerprint density at radius 2 is 2.35 bits per heavy atom. The number of ether oxygens (including phenoxy) is 2. The van der Waals surface area contributed by atoms with Crippen molar-refractivity contribution in [2.75, 3.05) is 13.7 Å². The summed E-state index contributed by atoms with van der Waals surface area (Å²) in [6.07, 6.45) is 2.52. The lowest BCUT2D eigenvalue weighted by molar-refractivity contribution is 0.0837. The number of hydrogen-bond donors (Lipinski definition) is 1. The van der Waals surface area contributed by atoms with Crippen LogP contribution in [0.2, 0.25) is 0 Å². The molecule has 0 spiro atoms. The van der Waals surface area contributed by atoms with E-state index in [0.717, 1.165) is 47.5 Å². The molecule has 5 heteroatoms. The van der Waals surface area contributed by atoms with E-state index in [9.17, 15) is 0 Å². The van der Waals surface area contributed by atoms with E-state index in [1.807, 2.05) is 12.1 Å². The van der Waals surface area contributed by atoms with E-state index in [4.69, 9.17) is 21.7 Å². The second-order valence-corrected chi connectivity index (χ2v) is 5.65. The van der Waals surface area contributed by atoms with E-state index >= 15 is 0 Å². The number of H-pyrrole nitrogens is 1. The van der Waals surface area contributed by atoms with Gasteiger partial charge in [-0.1, -0.05) is 13.0 Å². The van der Waals surface area contributed by atoms with Crippen molar-refractivity contribution in [3.05, 3.63) is 23.0 Å². The first-order valence-electron chi connectivity index (χ1n) is 7.11. The molecule has 0 bridgehead atoms. The lowest BCUT2D eigenvalue weighted by Crippen LogP contribution is -2.20. The first-order chi connectivity index (χ1) is 9.74. The van der Waals surface area contributed by atoms with Gasteiger partial charge in [0, 0.05) is 19.1 Å². The van der Waals surface area contributed by atoms with Crippen molar-refractivity contribution in [1.29, 1.82) is 0 Å². The quantitative estimate of drug-likeness (QED) is 0.876. The summed E-state index contributed by atoms with van der Waals surface area (Å²) in [6, 6.07) is 6.04. The molecule has 1 N–H and O–H groups in total. The molecule has 2 atom stereocenters. The average molecular weight is 292 g/mol. The van der Waals surface area contributed by atoms with Crippen molar-refractivity contribution < 1.29 is 9.47 Å². The van der Waals surface area contributed by atoms with E-state index in [0.29, 0.717) is 12.0 Å². The first kappa shape index (κ1) is 13.6. The monoisotopic (exact) mass is 292 g/mol. The second kappa shape index (κ2) is 5.58. The van der Waals surface area contributed by atoms with E-state index < -0.39 is 0 Å². The molecular formula is C15H20N2O2S. The molecule has 0 saturated carbocycles. The Hall–Kier alpha value is -1.33. The van der Waals surface area contributed by atoms with Crippen molar-refractivity contribution in [2.24, 2.45) is 5.92 Å². The van der Waals surface area contributed by atoms with Crippen molar-refractivity contribution in [2.45, 2.75) is 32.4 Å². The van der Waals surface area contributed by atoms with Crippen LogP contribution in [0, 0.1) is 10.7 Å². The molecule has 1 fully saturated rings. The Bertz CT molecular complexity index is 661. The van der Waals surface area contributed by atoms with E-state index in [1.54, 1.807) is 7.11 Å². The lowest BCUT2D eigenvalue weighted by Gasteiger charge is -2.17. The topological polar surface area (TPSA) is 39.2 Å². The summed E-state index contributed by atoms with van der Waals surface area (Å²) in [6.45, 7) is 3.95. The number of rotatable bonds is 4. The van der Waals surface area contributed by atoms with Crippen LogP contribution in [0.4, 0.5) is 0 Å². The van der Waals surface area contributed by atoms with Gasteiger partial charge < -0.3 is 19.0 Å². The molecule has 0 radical (unpaired) electrons. The van der Waals surface area contributed by atoms with E-state index in [-0.39, 0.29) is 0 Å². The summed E-state index contributed by atoms with van der Waals surface area (Å²) in [4.78, 5) is 3.27. The molecule has 1 aromatic carbocycles. The molecular weight excluding hydrogens is 272 g/mol. The van der Waals surface area contributed by atoms with Crippen LogP contribution < -0.4 is 4.74 Å². The van der Waals surface area contributed by atoms with E-state index in [1.165, 1.54) is 0 Å². The van der Waals surface area contributed by atoms with Crippen LogP contribution in [0.5, 0.6) is 5.75 Å². The van der Waals surface area contributed by atoms with Gasteiger partial charge >= 0.3 is 0 Å². The summed E-state index contributed by atoms with van der Waals surface area (Å²) in [5, 5.41) is 0. The molecule has 108 valence electrons. The molecule has 1 aliphatic heterocycles. The SMILES string of the molecule is CCC1OCCC1Cn1c(=S)[nH]c2c(OC)cccc21. The number of imidazole rings is 1. The maximum atomic E-state index is 5.78. The van der Waals surface area contributed by atoms with Gasteiger partial charge in [0.2, 0.25) is 0 Å². The van der Waals surface area contributed by atoms with Gasteiger partial charge in [0.1, 0.15) is 11.3 Å². The Labute approximate surface area is 123 Å². The molecule has 1 aliphatic rings. The molecule has 1 saturated heterocycles. The molecule has 2 aromatic rings. The Balaban J connectivity index is 1.99. The Morgan fingerprint density at radius 3 is 3.10 bits per heavy atom. The third-order valence-electron chi connectivity index (χ3n) is 4.16. The zero-order valence-electron chi connectivity index (χ0n) is 11.9. The fourth-order valence-corrected chi connectivity index (χ4v) is 3.37. The van der Waals surface area contributed by atoms with Crippen LogP contribution in [-0.2, 0) is 11.3 Å². The first-order valence-corrected chi connectivity index (χ1v) is 7.52. The van der Waals surface area contributed by atoms with Gasteiger partial charge in [0.15, 0.2) is 4.77 Å². The molecule has 20 heavy (non-hydrogen) atoms. The van der Waals surface area contributed by atoms with Gasteiger partial charge in [-0.05, 0) is 37.2 Å². The highest BCUT2D eigenvalue weighted by Crippen LogP contribution is 2.29. The fourth-order valence-electron chi connectivity index (χ4n) is 3.09. The largest absolute Gasteiger partial charge is 0.494 e. The maximum absolute atomic E-state index is 5.78. The third-order valence-corrected chi connectivity index (χ3v) is 4.48. The molecule has 1 aromatic heterocycles. The molecule has 3 rings (SSSR count). The number of hydrogen-bond acceptors (Lipinski definition) is 3. The smallest absolute Gasteiger partial charge is 0.178 e. The Morgan fingerprint density at radius 1 is 1.50 bits per heavy atom. The summed E-state index contributed by atoms with van der Waals surface area (Å²) in [7, 11) is 1.68. The predicted molar refractivity (Wildman–Crippen MR) is 81.8 cm³/mol. The minimum Gasteiger partial charge on any atom is -0.494 e. The Kier molecular flexibility index (Phi) is 3.81. The van der Waals surface area contributed by atoms with Crippen LogP contribution in [0.3, 0.4) is 0 Å². The number of fused-ring (bicyclic) bond motifs is 1. The summed E-state index contributed by atoms with van der Waals surface area (Å²) in [5.41, 5.74) is 2.09. The van der Waals surface area contributed by atoms with Crippen molar-refractivity contribution in [3.8, 4) is 5.75 Å². The standard InChI is InChI=1S/C15H20N2O2S/c1-3-12-10(7-8-19-12)9-17-11-5-4-6-13(18-2)14(11)16-15(17)20/h4-6,10,12H,3,7-9H2,1-2H3,(H,16,20). The summed E-state index contributed by atoms with van der Waals surface area (Å²) in [5.74, 6) is 1.37. The number of benzene rings is 1. The van der Waals surface area contributed by atoms with Gasteiger partial charge in [-0.2, -0.15) is 0 Å². The summed E-state index contributed by atoms with van der Waals surface area (Å²) >= 11 is 5.48. The number of aromatic nitrogens is 2. The predicted octanol–water partition coefficient (Wildman–Crippen LogP) is 3.52. The normalized spacial score (nSPS) is 22.5. The van der Waals surface area contributed by atoms with Gasteiger partial charge in [-0.3, -0.25) is 0 Å². The number of nitrogens with zero attached hydrogens (tertiary/aromatic N) is 1. The van der Waals surface area contributed by atoms with Crippen molar-refractivity contribution >= 4 is 23.3 Å². The van der Waals surface area contributed by atoms with Crippen LogP contribution >= 0.6 is 12.2 Å². The van der Waals surface area contributed by atoms with Crippen LogP contribution in [-0.4, -0.2) is 29.4 Å². The minimum atomic E-state index is 0.354. The highest BCUT2D eigenvalue weighted by Gasteiger charge is 2.27. The molecule has 2 heterocycles. The maximum Gasteiger partial charge on any atom is 0.178 e. The number of methoxy groups -OCH3 is 1. The highest BCUT2D eigenvalue weighted by atomic mass is 32.1. The minimum absolute atomic E-state index is 0.354. The highest BCUT2D eigenvalue weighted by molar-refractivity contribution is 7.71. The zero-order chi connectivity index (χ0) is 14.1. The average Bonchev–Trinajstić information content (AvgIpc) is 3.04. The molecule has 4 nitrogen and oxygen atoms in total. The third kappa shape index (κ3) is 2.25. The summed E-state index contributed by atoms with van der Waals surface area (Å²) < 4.78 is 14.1. The van der Waals surface area contributed by atoms with Gasteiger partial charge in [-0.25, -0.2) is 0 Å². The number of nitrogens with one attached hydrogen (secondary N) is 1. The lowest BCUT2D eigenvalue weighted by atomic mass is 9.99. The van der Waals surface area contributed by atoms with Crippen molar-refractivity contribution in [1.82, 2.24) is 9.55 Å².